The lowest BCUT2D eigenvalue weighted by Crippen LogP contribution is -2.58. The number of carboxylic acid groups (broad SMARTS) is 2. The summed E-state index contributed by atoms with van der Waals surface area (Å²) in [6.45, 7) is 0. The van der Waals surface area contributed by atoms with Gasteiger partial charge in [0, 0.05) is 36.4 Å². The fraction of sp³-hybridized carbons (Fsp3) is 0.367. The minimum absolute atomic E-state index is 0.000554. The zero-order valence-electron chi connectivity index (χ0n) is 24.1. The molecule has 3 rings (SSSR count). The lowest BCUT2D eigenvalue weighted by molar-refractivity contribution is -0.142. The van der Waals surface area contributed by atoms with Gasteiger partial charge in [0.05, 0.1) is 6.04 Å². The van der Waals surface area contributed by atoms with Gasteiger partial charge >= 0.3 is 11.9 Å². The molecule has 0 aliphatic rings. The molecule has 0 fully saturated rings. The van der Waals surface area contributed by atoms with Crippen LogP contribution in [0.1, 0.15) is 30.4 Å². The maximum Gasteiger partial charge on any atom is 0.326 e. The van der Waals surface area contributed by atoms with E-state index in [0.29, 0.717) is 16.9 Å². The maximum absolute atomic E-state index is 13.7. The van der Waals surface area contributed by atoms with Gasteiger partial charge in [-0.15, -0.1) is 0 Å². The molecule has 1 aromatic heterocycles. The number of para-hydroxylation sites is 1. The van der Waals surface area contributed by atoms with Crippen LogP contribution >= 0.6 is 11.8 Å². The molecule has 0 saturated heterocycles. The third kappa shape index (κ3) is 10.0. The molecule has 9 N–H and O–H groups in total. The molecule has 0 aliphatic heterocycles. The predicted molar refractivity (Wildman–Crippen MR) is 165 cm³/mol. The fourth-order valence-electron chi connectivity index (χ4n) is 4.53. The normalized spacial score (nSPS) is 13.8. The zero-order valence-corrected chi connectivity index (χ0v) is 24.9. The standard InChI is InChI=1S/C30H37N5O8S/c1-44-13-12-23(30(42)43)33-29(41)25(15-18-16-32-22-5-3-2-4-20(18)22)35-28(40)24(14-17-6-8-19(36)9-7-17)34-27(39)21(31)10-11-26(37)38/h2-9,16,21,23-25,32,36H,10-15,31H2,1H3,(H,33,41)(H,34,39)(H,35,40)(H,37,38)(H,42,43). The number of phenols is 1. The van der Waals surface area contributed by atoms with Gasteiger partial charge < -0.3 is 42.0 Å². The van der Waals surface area contributed by atoms with Crippen LogP contribution in [0.3, 0.4) is 0 Å². The minimum Gasteiger partial charge on any atom is -0.508 e. The molecule has 0 aliphatic carbocycles. The number of aliphatic carboxylic acids is 2. The van der Waals surface area contributed by atoms with Crippen molar-refractivity contribution in [2.75, 3.05) is 12.0 Å². The van der Waals surface area contributed by atoms with Crippen molar-refractivity contribution in [1.29, 1.82) is 0 Å². The number of thioether (sulfide) groups is 1. The predicted octanol–water partition coefficient (Wildman–Crippen LogP) is 1.14. The van der Waals surface area contributed by atoms with Crippen LogP contribution in [0.2, 0.25) is 0 Å². The van der Waals surface area contributed by atoms with E-state index in [1.54, 1.807) is 18.3 Å². The van der Waals surface area contributed by atoms with Crippen molar-refractivity contribution in [1.82, 2.24) is 20.9 Å². The Bertz CT molecular complexity index is 1460. The first-order valence-corrected chi connectivity index (χ1v) is 15.3. The number of H-pyrrole nitrogens is 1. The van der Waals surface area contributed by atoms with Gasteiger partial charge in [-0.3, -0.25) is 19.2 Å². The number of rotatable bonds is 17. The molecule has 1 heterocycles. The van der Waals surface area contributed by atoms with E-state index in [1.165, 1.54) is 23.9 Å². The molecule has 13 nitrogen and oxygen atoms in total. The highest BCUT2D eigenvalue weighted by Gasteiger charge is 2.31. The average Bonchev–Trinajstić information content (AvgIpc) is 3.40. The summed E-state index contributed by atoms with van der Waals surface area (Å²) in [5.41, 5.74) is 7.96. The van der Waals surface area contributed by atoms with E-state index in [1.807, 2.05) is 30.5 Å². The average molecular weight is 628 g/mol. The van der Waals surface area contributed by atoms with Crippen molar-refractivity contribution < 1.29 is 39.3 Å². The Morgan fingerprint density at radius 3 is 2.09 bits per heavy atom. The second-order valence-corrected chi connectivity index (χ2v) is 11.3. The van der Waals surface area contributed by atoms with E-state index in [0.717, 1.165) is 10.9 Å². The molecule has 3 aromatic rings. The van der Waals surface area contributed by atoms with Gasteiger partial charge in [-0.2, -0.15) is 11.8 Å². The van der Waals surface area contributed by atoms with Crippen molar-refractivity contribution in [3.8, 4) is 5.75 Å². The second-order valence-electron chi connectivity index (χ2n) is 10.3. The SMILES string of the molecule is CSCCC(NC(=O)C(Cc1c[nH]c2ccccc12)NC(=O)C(Cc1ccc(O)cc1)NC(=O)C(N)CCC(=O)O)C(=O)O. The van der Waals surface area contributed by atoms with E-state index in [4.69, 9.17) is 10.8 Å². The monoisotopic (exact) mass is 627 g/mol. The van der Waals surface area contributed by atoms with Crippen molar-refractivity contribution in [2.24, 2.45) is 5.73 Å². The summed E-state index contributed by atoms with van der Waals surface area (Å²) < 4.78 is 0. The fourth-order valence-corrected chi connectivity index (χ4v) is 5.00. The summed E-state index contributed by atoms with van der Waals surface area (Å²) in [6.07, 6.45) is 3.15. The minimum atomic E-state index is -1.24. The number of fused-ring (bicyclic) bond motifs is 1. The lowest BCUT2D eigenvalue weighted by Gasteiger charge is -2.25. The molecule has 14 heteroatoms. The number of aromatic hydroxyl groups is 1. The summed E-state index contributed by atoms with van der Waals surface area (Å²) in [7, 11) is 0. The van der Waals surface area contributed by atoms with E-state index < -0.39 is 53.8 Å². The smallest absolute Gasteiger partial charge is 0.326 e. The first-order valence-electron chi connectivity index (χ1n) is 13.9. The lowest BCUT2D eigenvalue weighted by atomic mass is 10.0. The van der Waals surface area contributed by atoms with Crippen LogP contribution in [0.15, 0.2) is 54.7 Å². The van der Waals surface area contributed by atoms with Crippen molar-refractivity contribution in [3.05, 3.63) is 65.9 Å². The van der Waals surface area contributed by atoms with Gasteiger partial charge in [-0.1, -0.05) is 30.3 Å². The van der Waals surface area contributed by atoms with Crippen molar-refractivity contribution in [3.63, 3.8) is 0 Å². The van der Waals surface area contributed by atoms with E-state index >= 15 is 0 Å². The molecule has 3 amide bonds. The molecule has 2 aromatic carbocycles. The second kappa shape index (κ2) is 16.3. The molecular weight excluding hydrogens is 590 g/mol. The summed E-state index contributed by atoms with van der Waals surface area (Å²) in [4.78, 5) is 66.0. The van der Waals surface area contributed by atoms with E-state index in [2.05, 4.69) is 20.9 Å². The van der Waals surface area contributed by atoms with Crippen LogP contribution in [0, 0.1) is 0 Å². The molecule has 44 heavy (non-hydrogen) atoms. The molecule has 0 radical (unpaired) electrons. The molecule has 236 valence electrons. The van der Waals surface area contributed by atoms with Crippen LogP contribution in [0.25, 0.3) is 10.9 Å². The van der Waals surface area contributed by atoms with Crippen LogP contribution < -0.4 is 21.7 Å². The topological polar surface area (TPSA) is 224 Å². The Kier molecular flexibility index (Phi) is 12.6. The zero-order chi connectivity index (χ0) is 32.2. The summed E-state index contributed by atoms with van der Waals surface area (Å²) in [6, 6.07) is 8.47. The first-order chi connectivity index (χ1) is 21.0. The third-order valence-corrected chi connectivity index (χ3v) is 7.62. The van der Waals surface area contributed by atoms with Gasteiger partial charge in [0.25, 0.3) is 0 Å². The van der Waals surface area contributed by atoms with Crippen molar-refractivity contribution in [2.45, 2.75) is 56.3 Å². The molecule has 0 saturated carbocycles. The van der Waals surface area contributed by atoms with Gasteiger partial charge in [0.15, 0.2) is 0 Å². The largest absolute Gasteiger partial charge is 0.508 e. The Labute approximate surface area is 258 Å². The Hall–Kier alpha value is -4.56. The molecule has 0 bridgehead atoms. The van der Waals surface area contributed by atoms with Crippen LogP contribution in [0.4, 0.5) is 0 Å². The highest BCUT2D eigenvalue weighted by molar-refractivity contribution is 7.98. The number of hydrogen-bond donors (Lipinski definition) is 8. The number of aromatic nitrogens is 1. The number of nitrogens with two attached hydrogens (primary N) is 1. The molecule has 4 unspecified atom stereocenters. The first kappa shape index (κ1) is 33.9. The molecule has 0 spiro atoms. The number of nitrogens with one attached hydrogen (secondary N) is 4. The van der Waals surface area contributed by atoms with Crippen molar-refractivity contribution >= 4 is 52.3 Å². The number of carbonyl (C=O) groups is 5. The number of benzene rings is 2. The van der Waals surface area contributed by atoms with E-state index in [-0.39, 0.29) is 37.9 Å². The summed E-state index contributed by atoms with van der Waals surface area (Å²) in [5.74, 6) is -4.07. The quantitative estimate of drug-likeness (QED) is 0.107. The third-order valence-electron chi connectivity index (χ3n) is 6.97. The van der Waals surface area contributed by atoms with Gasteiger partial charge in [-0.25, -0.2) is 4.79 Å². The number of carboxylic acids is 2. The number of hydrogen-bond acceptors (Lipinski definition) is 8. The van der Waals surface area contributed by atoms with Crippen LogP contribution in [-0.2, 0) is 36.8 Å². The summed E-state index contributed by atoms with van der Waals surface area (Å²) in [5, 5.41) is 36.9. The van der Waals surface area contributed by atoms with Gasteiger partial charge in [0.2, 0.25) is 17.7 Å². The number of phenolic OH excluding ortho intramolecular Hbond substituents is 1. The molecular formula is C30H37N5O8S. The van der Waals surface area contributed by atoms with Gasteiger partial charge in [0.1, 0.15) is 23.9 Å². The van der Waals surface area contributed by atoms with Gasteiger partial charge in [-0.05, 0) is 54.2 Å². The Balaban J connectivity index is 1.89. The highest BCUT2D eigenvalue weighted by atomic mass is 32.2. The number of amides is 3. The number of carbonyl (C=O) groups excluding carboxylic acids is 3. The molecule has 4 atom stereocenters. The van der Waals surface area contributed by atoms with Crippen LogP contribution in [-0.4, -0.2) is 86.1 Å². The summed E-state index contributed by atoms with van der Waals surface area (Å²) >= 11 is 1.43. The van der Waals surface area contributed by atoms with E-state index in [9.17, 15) is 34.2 Å². The number of aromatic amines is 1. The Morgan fingerprint density at radius 1 is 0.841 bits per heavy atom. The Morgan fingerprint density at radius 2 is 1.45 bits per heavy atom. The van der Waals surface area contributed by atoms with Crippen LogP contribution in [0.5, 0.6) is 5.75 Å². The highest BCUT2D eigenvalue weighted by Crippen LogP contribution is 2.20. The maximum atomic E-state index is 13.7.